The Morgan fingerprint density at radius 2 is 2.00 bits per heavy atom. The van der Waals surface area contributed by atoms with E-state index in [9.17, 15) is 0 Å². The number of nitrogens with one attached hydrogen (secondary N) is 1. The molecule has 1 aromatic carbocycles. The van der Waals surface area contributed by atoms with E-state index in [2.05, 4.69) is 9.97 Å². The molecule has 0 amide bonds. The molecular formula is C10H6ClN3. The minimum absolute atomic E-state index is 0.227. The summed E-state index contributed by atoms with van der Waals surface area (Å²) in [5.74, 6) is 0.618. The van der Waals surface area contributed by atoms with Crippen LogP contribution >= 0.6 is 11.6 Å². The number of H-pyrrole nitrogens is 1. The van der Waals surface area contributed by atoms with Crippen molar-refractivity contribution in [3.63, 3.8) is 0 Å². The maximum Gasteiger partial charge on any atom is 0.178 e. The molecule has 1 heterocycles. The van der Waals surface area contributed by atoms with Gasteiger partial charge in [-0.3, -0.25) is 0 Å². The maximum absolute atomic E-state index is 8.66. The van der Waals surface area contributed by atoms with Crippen LogP contribution in [-0.4, -0.2) is 9.97 Å². The van der Waals surface area contributed by atoms with Crippen molar-refractivity contribution in [1.82, 2.24) is 9.97 Å². The van der Waals surface area contributed by atoms with E-state index < -0.39 is 0 Å². The highest BCUT2D eigenvalue weighted by Crippen LogP contribution is 2.20. The SMILES string of the molecule is N#Cc1nc(-c2ccccc2)[nH]c1Cl. The molecule has 3 nitrogen and oxygen atoms in total. The van der Waals surface area contributed by atoms with Crippen molar-refractivity contribution < 1.29 is 0 Å². The van der Waals surface area contributed by atoms with Gasteiger partial charge in [0, 0.05) is 5.56 Å². The first-order valence-electron chi connectivity index (χ1n) is 4.02. The molecule has 0 unspecified atom stereocenters. The molecule has 2 aromatic rings. The summed E-state index contributed by atoms with van der Waals surface area (Å²) in [5, 5.41) is 8.95. The lowest BCUT2D eigenvalue weighted by molar-refractivity contribution is 1.29. The average Bonchev–Trinajstić information content (AvgIpc) is 2.61. The molecule has 0 atom stereocenters. The fourth-order valence-electron chi connectivity index (χ4n) is 1.16. The molecule has 0 bridgehead atoms. The number of aromatic nitrogens is 2. The van der Waals surface area contributed by atoms with Crippen LogP contribution in [0.1, 0.15) is 5.69 Å². The lowest BCUT2D eigenvalue weighted by Crippen LogP contribution is -1.78. The predicted molar refractivity (Wildman–Crippen MR) is 53.7 cm³/mol. The first-order valence-corrected chi connectivity index (χ1v) is 4.40. The molecule has 4 heteroatoms. The number of aromatic amines is 1. The lowest BCUT2D eigenvalue weighted by atomic mass is 10.2. The van der Waals surface area contributed by atoms with Crippen molar-refractivity contribution >= 4 is 11.6 Å². The fraction of sp³-hybridized carbons (Fsp3) is 0. The summed E-state index contributed by atoms with van der Waals surface area (Å²) in [6.07, 6.45) is 0. The Morgan fingerprint density at radius 1 is 1.29 bits per heavy atom. The highest BCUT2D eigenvalue weighted by atomic mass is 35.5. The fourth-order valence-corrected chi connectivity index (χ4v) is 1.33. The highest BCUT2D eigenvalue weighted by molar-refractivity contribution is 6.30. The van der Waals surface area contributed by atoms with E-state index in [1.807, 2.05) is 36.4 Å². The number of benzene rings is 1. The van der Waals surface area contributed by atoms with Crippen molar-refractivity contribution in [1.29, 1.82) is 5.26 Å². The molecule has 0 saturated carbocycles. The molecule has 2 rings (SSSR count). The number of imidazole rings is 1. The minimum Gasteiger partial charge on any atom is -0.328 e. The predicted octanol–water partition coefficient (Wildman–Crippen LogP) is 2.60. The zero-order valence-electron chi connectivity index (χ0n) is 7.16. The third-order valence-corrected chi connectivity index (χ3v) is 2.09. The summed E-state index contributed by atoms with van der Waals surface area (Å²) in [7, 11) is 0. The van der Waals surface area contributed by atoms with Gasteiger partial charge in [-0.25, -0.2) is 4.98 Å². The molecule has 1 aromatic heterocycles. The van der Waals surface area contributed by atoms with Crippen LogP contribution in [0.15, 0.2) is 30.3 Å². The van der Waals surface area contributed by atoms with Gasteiger partial charge in [-0.1, -0.05) is 41.9 Å². The molecule has 1 N–H and O–H groups in total. The van der Waals surface area contributed by atoms with Crippen LogP contribution in [0, 0.1) is 11.3 Å². The summed E-state index contributed by atoms with van der Waals surface area (Å²) in [6.45, 7) is 0. The van der Waals surface area contributed by atoms with Crippen LogP contribution in [0.4, 0.5) is 0 Å². The quantitative estimate of drug-likeness (QED) is 0.775. The molecule has 0 spiro atoms. The topological polar surface area (TPSA) is 52.5 Å². The van der Waals surface area contributed by atoms with Gasteiger partial charge in [-0.2, -0.15) is 5.26 Å². The number of hydrogen-bond donors (Lipinski definition) is 1. The number of halogens is 1. The van der Waals surface area contributed by atoms with Gasteiger partial charge in [0.25, 0.3) is 0 Å². The van der Waals surface area contributed by atoms with E-state index in [4.69, 9.17) is 16.9 Å². The number of nitriles is 1. The molecule has 14 heavy (non-hydrogen) atoms. The van der Waals surface area contributed by atoms with E-state index in [1.165, 1.54) is 0 Å². The molecule has 0 aliphatic rings. The lowest BCUT2D eigenvalue weighted by Gasteiger charge is -1.93. The van der Waals surface area contributed by atoms with Crippen LogP contribution in [-0.2, 0) is 0 Å². The van der Waals surface area contributed by atoms with Gasteiger partial charge < -0.3 is 4.98 Å². The van der Waals surface area contributed by atoms with E-state index in [-0.39, 0.29) is 10.8 Å². The van der Waals surface area contributed by atoms with E-state index in [0.29, 0.717) is 5.82 Å². The summed E-state index contributed by atoms with van der Waals surface area (Å²) in [6, 6.07) is 11.4. The molecule has 0 radical (unpaired) electrons. The van der Waals surface area contributed by atoms with Crippen molar-refractivity contribution in [3.8, 4) is 17.5 Å². The smallest absolute Gasteiger partial charge is 0.178 e. The maximum atomic E-state index is 8.66. The Bertz CT molecular complexity index is 482. The van der Waals surface area contributed by atoms with Gasteiger partial charge in [0.1, 0.15) is 17.0 Å². The van der Waals surface area contributed by atoms with Gasteiger partial charge >= 0.3 is 0 Å². The normalized spacial score (nSPS) is 9.71. The van der Waals surface area contributed by atoms with Crippen molar-refractivity contribution in [2.75, 3.05) is 0 Å². The Labute approximate surface area is 86.0 Å². The number of nitrogens with zero attached hydrogens (tertiary/aromatic N) is 2. The first-order chi connectivity index (χ1) is 6.81. The molecule has 0 aliphatic heterocycles. The van der Waals surface area contributed by atoms with E-state index in [1.54, 1.807) is 0 Å². The Morgan fingerprint density at radius 3 is 2.57 bits per heavy atom. The number of hydrogen-bond acceptors (Lipinski definition) is 2. The number of rotatable bonds is 1. The molecule has 0 fully saturated rings. The molecule has 0 aliphatic carbocycles. The van der Waals surface area contributed by atoms with E-state index in [0.717, 1.165) is 5.56 Å². The molecular weight excluding hydrogens is 198 g/mol. The third kappa shape index (κ3) is 1.48. The van der Waals surface area contributed by atoms with Gasteiger partial charge in [0.15, 0.2) is 5.69 Å². The first kappa shape index (κ1) is 8.79. The summed E-state index contributed by atoms with van der Waals surface area (Å²) in [4.78, 5) is 6.89. The minimum atomic E-state index is 0.227. The average molecular weight is 204 g/mol. The Kier molecular flexibility index (Phi) is 2.21. The second kappa shape index (κ2) is 3.52. The van der Waals surface area contributed by atoms with Gasteiger partial charge in [-0.15, -0.1) is 0 Å². The zero-order chi connectivity index (χ0) is 9.97. The van der Waals surface area contributed by atoms with E-state index >= 15 is 0 Å². The standard InChI is InChI=1S/C10H6ClN3/c11-9-8(6-12)13-10(14-9)7-4-2-1-3-5-7/h1-5H,(H,13,14). The summed E-state index contributed by atoms with van der Waals surface area (Å²) in [5.41, 5.74) is 1.14. The largest absolute Gasteiger partial charge is 0.328 e. The van der Waals surface area contributed by atoms with Gasteiger partial charge in [0.05, 0.1) is 0 Å². The van der Waals surface area contributed by atoms with Crippen molar-refractivity contribution in [2.45, 2.75) is 0 Å². The van der Waals surface area contributed by atoms with Crippen LogP contribution in [0.3, 0.4) is 0 Å². The van der Waals surface area contributed by atoms with Crippen molar-refractivity contribution in [2.24, 2.45) is 0 Å². The molecule has 0 saturated heterocycles. The third-order valence-electron chi connectivity index (χ3n) is 1.81. The highest BCUT2D eigenvalue weighted by Gasteiger charge is 2.08. The van der Waals surface area contributed by atoms with Crippen LogP contribution < -0.4 is 0 Å². The van der Waals surface area contributed by atoms with Crippen LogP contribution in [0.25, 0.3) is 11.4 Å². The van der Waals surface area contributed by atoms with Crippen LogP contribution in [0.5, 0.6) is 0 Å². The summed E-state index contributed by atoms with van der Waals surface area (Å²) >= 11 is 5.75. The zero-order valence-corrected chi connectivity index (χ0v) is 7.92. The summed E-state index contributed by atoms with van der Waals surface area (Å²) < 4.78 is 0. The van der Waals surface area contributed by atoms with Gasteiger partial charge in [0.2, 0.25) is 0 Å². The molecule has 68 valence electrons. The second-order valence-corrected chi connectivity index (χ2v) is 3.10. The monoisotopic (exact) mass is 203 g/mol. The van der Waals surface area contributed by atoms with Crippen LogP contribution in [0.2, 0.25) is 5.15 Å². The van der Waals surface area contributed by atoms with Gasteiger partial charge in [-0.05, 0) is 0 Å². The second-order valence-electron chi connectivity index (χ2n) is 2.73. The van der Waals surface area contributed by atoms with Crippen molar-refractivity contribution in [3.05, 3.63) is 41.2 Å². The Balaban J connectivity index is 2.50. The Hall–Kier alpha value is -1.79.